The van der Waals surface area contributed by atoms with Crippen LogP contribution >= 0.6 is 0 Å². The maximum atomic E-state index is 12.0. The Balaban J connectivity index is 1.66. The van der Waals surface area contributed by atoms with Gasteiger partial charge in [0, 0.05) is 58.1 Å². The predicted octanol–water partition coefficient (Wildman–Crippen LogP) is 4.32. The van der Waals surface area contributed by atoms with E-state index in [1.54, 1.807) is 37.8 Å². The average Bonchev–Trinajstić information content (AvgIpc) is 2.77. The fourth-order valence-electron chi connectivity index (χ4n) is 4.54. The number of pyridine rings is 1. The Morgan fingerprint density at radius 2 is 2.00 bits per heavy atom. The quantitative estimate of drug-likeness (QED) is 0.502. The third-order valence-corrected chi connectivity index (χ3v) is 6.27. The molecule has 4 rings (SSSR count). The molecule has 11 heteroatoms. The summed E-state index contributed by atoms with van der Waals surface area (Å²) in [6.45, 7) is 6.18. The lowest BCUT2D eigenvalue weighted by atomic mass is 9.77. The lowest BCUT2D eigenvalue weighted by molar-refractivity contribution is 0.229. The number of nitrogens with zero attached hydrogens (tertiary/aromatic N) is 6. The molecule has 0 spiro atoms. The first kappa shape index (κ1) is 25.3. The first-order valence-corrected chi connectivity index (χ1v) is 13.7. The third-order valence-electron chi connectivity index (χ3n) is 5.65. The van der Waals surface area contributed by atoms with E-state index in [-0.39, 0.29) is 11.0 Å². The van der Waals surface area contributed by atoms with Gasteiger partial charge >= 0.3 is 0 Å². The molecule has 36 heavy (non-hydrogen) atoms. The van der Waals surface area contributed by atoms with E-state index in [4.69, 9.17) is 4.74 Å². The van der Waals surface area contributed by atoms with Crippen LogP contribution < -0.4 is 15.4 Å². The summed E-state index contributed by atoms with van der Waals surface area (Å²) < 4.78 is 21.9. The van der Waals surface area contributed by atoms with Crippen LogP contribution in [0.4, 0.5) is 29.1 Å². The van der Waals surface area contributed by atoms with Crippen LogP contribution in [0.1, 0.15) is 30.5 Å². The average molecular weight is 507 g/mol. The molecule has 1 aliphatic rings. The topological polar surface area (TPSA) is 128 Å². The summed E-state index contributed by atoms with van der Waals surface area (Å²) in [5.41, 5.74) is 3.37. The van der Waals surface area contributed by atoms with Crippen molar-refractivity contribution in [2.45, 2.75) is 25.8 Å². The number of nitriles is 1. The van der Waals surface area contributed by atoms with Crippen LogP contribution in [0.25, 0.3) is 0 Å². The number of benzene rings is 1. The fourth-order valence-corrected chi connectivity index (χ4v) is 5.09. The van der Waals surface area contributed by atoms with E-state index < -0.39 is 9.73 Å². The molecule has 0 aliphatic carbocycles. The highest BCUT2D eigenvalue weighted by Crippen LogP contribution is 2.41. The molecule has 0 radical (unpaired) electrons. The number of aromatic nitrogens is 3. The summed E-state index contributed by atoms with van der Waals surface area (Å²) in [5.74, 6) is 2.16. The molecule has 3 heterocycles. The van der Waals surface area contributed by atoms with Crippen LogP contribution in [-0.4, -0.2) is 57.3 Å². The molecule has 188 valence electrons. The molecule has 0 unspecified atom stereocenters. The Hall–Kier alpha value is -3.75. The van der Waals surface area contributed by atoms with Gasteiger partial charge < -0.3 is 20.3 Å². The number of nitrogens with one attached hydrogen (secondary N) is 2. The minimum absolute atomic E-state index is 0.0507. The number of ether oxygens (including phenoxy) is 1. The highest BCUT2D eigenvalue weighted by molar-refractivity contribution is 7.92. The van der Waals surface area contributed by atoms with Gasteiger partial charge in [-0.25, -0.2) is 14.2 Å². The molecule has 2 N–H and O–H groups in total. The Morgan fingerprint density at radius 3 is 2.69 bits per heavy atom. The van der Waals surface area contributed by atoms with E-state index in [9.17, 15) is 9.47 Å². The van der Waals surface area contributed by atoms with Crippen molar-refractivity contribution in [3.63, 3.8) is 0 Å². The number of hydrogen-bond donors (Lipinski definition) is 2. The zero-order valence-electron chi connectivity index (χ0n) is 21.3. The van der Waals surface area contributed by atoms with Crippen LogP contribution in [0.15, 0.2) is 40.9 Å². The molecule has 1 aromatic carbocycles. The molecular formula is C25H30N8O2S. The minimum Gasteiger partial charge on any atom is -0.496 e. The van der Waals surface area contributed by atoms with Crippen molar-refractivity contribution < 1.29 is 8.95 Å². The molecule has 10 nitrogen and oxygen atoms in total. The van der Waals surface area contributed by atoms with Crippen molar-refractivity contribution in [2.75, 3.05) is 43.8 Å². The fraction of sp³-hybridized carbons (Fsp3) is 0.360. The zero-order valence-corrected chi connectivity index (χ0v) is 22.1. The van der Waals surface area contributed by atoms with Crippen molar-refractivity contribution in [3.05, 3.63) is 53.2 Å². The Bertz CT molecular complexity index is 1460. The zero-order chi connectivity index (χ0) is 26.1. The van der Waals surface area contributed by atoms with Gasteiger partial charge in [0.05, 0.1) is 13.3 Å². The maximum Gasteiger partial charge on any atom is 0.229 e. The summed E-state index contributed by atoms with van der Waals surface area (Å²) >= 11 is 0. The lowest BCUT2D eigenvalue weighted by Crippen LogP contribution is -2.40. The molecule has 0 amide bonds. The second-order valence-electron chi connectivity index (χ2n) is 9.74. The molecule has 0 saturated heterocycles. The van der Waals surface area contributed by atoms with E-state index in [1.165, 1.54) is 17.3 Å². The largest absolute Gasteiger partial charge is 0.496 e. The summed E-state index contributed by atoms with van der Waals surface area (Å²) in [4.78, 5) is 15.5. The van der Waals surface area contributed by atoms with Crippen molar-refractivity contribution in [1.29, 1.82) is 5.26 Å². The SMILES string of the molecule is COc1cc(Nc2ncc(C#N)c(Nc3cccc(N=S(C)(C)=O)n3)n2)cc2c1C(C)(C)CN(C)C2. The van der Waals surface area contributed by atoms with E-state index in [2.05, 4.69) is 67.9 Å². The van der Waals surface area contributed by atoms with E-state index in [0.717, 1.165) is 24.5 Å². The standard InChI is InChI=1S/C25H30N8O2S/c1-25(2)15-33(3)14-16-10-18(11-19(35-4)22(16)25)28-24-27-13-17(12-26)23(31-24)30-20-8-7-9-21(29-20)32-36(5,6)34/h7-11,13H,14-15H2,1-6H3,(H2,27,28,29,30,31). The number of anilines is 4. The van der Waals surface area contributed by atoms with Crippen molar-refractivity contribution in [2.24, 2.45) is 4.36 Å². The van der Waals surface area contributed by atoms with Gasteiger partial charge in [-0.2, -0.15) is 14.6 Å². The highest BCUT2D eigenvalue weighted by Gasteiger charge is 2.33. The van der Waals surface area contributed by atoms with Gasteiger partial charge in [0.15, 0.2) is 11.6 Å². The Morgan fingerprint density at radius 1 is 1.22 bits per heavy atom. The first-order chi connectivity index (χ1) is 17.0. The first-order valence-electron chi connectivity index (χ1n) is 11.3. The number of hydrogen-bond acceptors (Lipinski definition) is 10. The van der Waals surface area contributed by atoms with E-state index in [1.807, 2.05) is 6.07 Å². The van der Waals surface area contributed by atoms with Gasteiger partial charge in [0.1, 0.15) is 23.2 Å². The van der Waals surface area contributed by atoms with Gasteiger partial charge in [-0.15, -0.1) is 0 Å². The minimum atomic E-state index is -2.36. The number of likely N-dealkylation sites (N-methyl/N-ethyl adjacent to an activating group) is 1. The van der Waals surface area contributed by atoms with Crippen LogP contribution in [0.5, 0.6) is 5.75 Å². The number of rotatable bonds is 6. The molecule has 2 aromatic heterocycles. The molecule has 3 aromatic rings. The second kappa shape index (κ2) is 9.72. The highest BCUT2D eigenvalue weighted by atomic mass is 32.2. The summed E-state index contributed by atoms with van der Waals surface area (Å²) in [7, 11) is 1.42. The van der Waals surface area contributed by atoms with Gasteiger partial charge in [-0.05, 0) is 30.8 Å². The van der Waals surface area contributed by atoms with Gasteiger partial charge in [-0.3, -0.25) is 0 Å². The van der Waals surface area contributed by atoms with Gasteiger partial charge in [0.25, 0.3) is 0 Å². The predicted molar refractivity (Wildman–Crippen MR) is 142 cm³/mol. The lowest BCUT2D eigenvalue weighted by Gasteiger charge is -2.39. The van der Waals surface area contributed by atoms with Crippen molar-refractivity contribution >= 4 is 38.8 Å². The molecular weight excluding hydrogens is 476 g/mol. The van der Waals surface area contributed by atoms with Crippen LogP contribution in [0.2, 0.25) is 0 Å². The van der Waals surface area contributed by atoms with Crippen LogP contribution in [-0.2, 0) is 21.7 Å². The van der Waals surface area contributed by atoms with Crippen molar-refractivity contribution in [1.82, 2.24) is 19.9 Å². The summed E-state index contributed by atoms with van der Waals surface area (Å²) in [6.07, 6.45) is 4.53. The molecule has 0 atom stereocenters. The summed E-state index contributed by atoms with van der Waals surface area (Å²) in [5, 5.41) is 15.9. The van der Waals surface area contributed by atoms with Crippen LogP contribution in [0.3, 0.4) is 0 Å². The molecule has 1 aliphatic heterocycles. The molecule has 0 fully saturated rings. The van der Waals surface area contributed by atoms with Gasteiger partial charge in [-0.1, -0.05) is 19.9 Å². The molecule has 0 bridgehead atoms. The number of fused-ring (bicyclic) bond motifs is 1. The monoisotopic (exact) mass is 506 g/mol. The van der Waals surface area contributed by atoms with E-state index in [0.29, 0.717) is 23.4 Å². The Kier molecular flexibility index (Phi) is 6.84. The van der Waals surface area contributed by atoms with Gasteiger partial charge in [0.2, 0.25) is 5.95 Å². The van der Waals surface area contributed by atoms with Crippen LogP contribution in [0, 0.1) is 11.3 Å². The van der Waals surface area contributed by atoms with Crippen molar-refractivity contribution in [3.8, 4) is 11.8 Å². The molecule has 0 saturated carbocycles. The van der Waals surface area contributed by atoms with E-state index >= 15 is 0 Å². The smallest absolute Gasteiger partial charge is 0.229 e. The Labute approximate surface area is 211 Å². The number of methoxy groups -OCH3 is 1. The second-order valence-corrected chi connectivity index (χ2v) is 12.3. The maximum absolute atomic E-state index is 12.0. The summed E-state index contributed by atoms with van der Waals surface area (Å²) in [6, 6.07) is 11.2. The normalized spacial score (nSPS) is 14.9. The third kappa shape index (κ3) is 5.72.